The minimum absolute atomic E-state index is 0.124. The quantitative estimate of drug-likeness (QED) is 0.513. The molecular weight excluding hydrogens is 465 g/mol. The van der Waals surface area contributed by atoms with Crippen LogP contribution in [0.25, 0.3) is 0 Å². The highest BCUT2D eigenvalue weighted by Gasteiger charge is 2.39. The molecule has 13 heteroatoms. The van der Waals surface area contributed by atoms with E-state index in [1.165, 1.54) is 17.1 Å². The largest absolute Gasteiger partial charge is 0.435 e. The van der Waals surface area contributed by atoms with E-state index in [1.54, 1.807) is 25.6 Å². The number of aromatic nitrogens is 6. The van der Waals surface area contributed by atoms with Gasteiger partial charge in [0, 0.05) is 24.8 Å². The van der Waals surface area contributed by atoms with Crippen LogP contribution in [-0.2, 0) is 43.9 Å². The summed E-state index contributed by atoms with van der Waals surface area (Å²) in [5.74, 6) is -1.10. The van der Waals surface area contributed by atoms with E-state index in [1.807, 2.05) is 0 Å². The van der Waals surface area contributed by atoms with Gasteiger partial charge in [-0.2, -0.15) is 28.5 Å². The molecule has 0 unspecified atom stereocenters. The molecule has 188 valence electrons. The predicted octanol–water partition coefficient (Wildman–Crippen LogP) is 3.32. The molecule has 0 fully saturated rings. The summed E-state index contributed by atoms with van der Waals surface area (Å²) in [7, 11) is 1.74. The molecule has 1 aliphatic carbocycles. The minimum Gasteiger partial charge on any atom is -0.321 e. The highest BCUT2D eigenvalue weighted by atomic mass is 19.4. The van der Waals surface area contributed by atoms with E-state index in [-0.39, 0.29) is 23.4 Å². The van der Waals surface area contributed by atoms with E-state index in [4.69, 9.17) is 0 Å². The normalized spacial score (nSPS) is 13.9. The van der Waals surface area contributed by atoms with Gasteiger partial charge in [-0.1, -0.05) is 6.42 Å². The molecule has 35 heavy (non-hydrogen) atoms. The van der Waals surface area contributed by atoms with Crippen LogP contribution in [0, 0.1) is 6.92 Å². The molecule has 0 aliphatic heterocycles. The van der Waals surface area contributed by atoms with Gasteiger partial charge in [0.25, 0.3) is 5.91 Å². The van der Waals surface area contributed by atoms with Gasteiger partial charge in [-0.25, -0.2) is 0 Å². The lowest BCUT2D eigenvalue weighted by atomic mass is 10.1. The summed E-state index contributed by atoms with van der Waals surface area (Å²) in [4.78, 5) is 25.9. The van der Waals surface area contributed by atoms with Crippen LogP contribution >= 0.6 is 0 Å². The van der Waals surface area contributed by atoms with Gasteiger partial charge in [0.1, 0.15) is 12.2 Å². The van der Waals surface area contributed by atoms with E-state index < -0.39 is 30.2 Å². The van der Waals surface area contributed by atoms with Crippen LogP contribution in [-0.4, -0.2) is 41.2 Å². The summed E-state index contributed by atoms with van der Waals surface area (Å²) in [5.41, 5.74) is 1.23. The van der Waals surface area contributed by atoms with Gasteiger partial charge in [-0.15, -0.1) is 0 Å². The van der Waals surface area contributed by atoms with Crippen molar-refractivity contribution in [1.82, 2.24) is 29.3 Å². The van der Waals surface area contributed by atoms with E-state index in [0.29, 0.717) is 30.8 Å². The minimum atomic E-state index is -4.59. The Morgan fingerprint density at radius 2 is 1.74 bits per heavy atom. The molecule has 10 nitrogen and oxygen atoms in total. The lowest BCUT2D eigenvalue weighted by Crippen LogP contribution is -2.24. The van der Waals surface area contributed by atoms with Crippen molar-refractivity contribution in [3.05, 3.63) is 40.7 Å². The number of fused-ring (bicyclic) bond motifs is 1. The van der Waals surface area contributed by atoms with Crippen molar-refractivity contribution in [2.24, 2.45) is 7.05 Å². The van der Waals surface area contributed by atoms with Crippen molar-refractivity contribution in [3.63, 3.8) is 0 Å². The monoisotopic (exact) mass is 492 g/mol. The van der Waals surface area contributed by atoms with Crippen molar-refractivity contribution < 1.29 is 22.8 Å². The molecule has 3 aromatic heterocycles. The SMILES string of the molecule is CCn1ncc(NC(=O)Cn2nc(C(F)(F)F)c3c2CCCCC3)c1C(=O)Nc1cnn(C)c1C. The third kappa shape index (κ3) is 4.93. The number of aryl methyl sites for hydroxylation is 2. The Labute approximate surface area is 199 Å². The highest BCUT2D eigenvalue weighted by molar-refractivity contribution is 6.09. The third-order valence-corrected chi connectivity index (χ3v) is 6.18. The van der Waals surface area contributed by atoms with Crippen molar-refractivity contribution >= 4 is 23.2 Å². The molecule has 3 aromatic rings. The van der Waals surface area contributed by atoms with Gasteiger partial charge < -0.3 is 10.6 Å². The van der Waals surface area contributed by atoms with Crippen molar-refractivity contribution in [2.75, 3.05) is 10.6 Å². The summed E-state index contributed by atoms with van der Waals surface area (Å²) >= 11 is 0. The Hall–Kier alpha value is -3.64. The predicted molar refractivity (Wildman–Crippen MR) is 121 cm³/mol. The zero-order valence-corrected chi connectivity index (χ0v) is 19.7. The van der Waals surface area contributed by atoms with E-state index >= 15 is 0 Å². The third-order valence-electron chi connectivity index (χ3n) is 6.18. The number of hydrogen-bond donors (Lipinski definition) is 2. The average Bonchev–Trinajstić information content (AvgIpc) is 3.38. The number of nitrogens with one attached hydrogen (secondary N) is 2. The van der Waals surface area contributed by atoms with Gasteiger partial charge in [0.15, 0.2) is 5.69 Å². The maximum absolute atomic E-state index is 13.6. The van der Waals surface area contributed by atoms with Gasteiger partial charge >= 0.3 is 6.18 Å². The Morgan fingerprint density at radius 1 is 1.03 bits per heavy atom. The second-order valence-corrected chi connectivity index (χ2v) is 8.48. The first-order valence-corrected chi connectivity index (χ1v) is 11.4. The van der Waals surface area contributed by atoms with Gasteiger partial charge in [0.2, 0.25) is 5.91 Å². The molecule has 1 aliphatic rings. The van der Waals surface area contributed by atoms with E-state index in [2.05, 4.69) is 25.9 Å². The number of carbonyl (C=O) groups is 2. The van der Waals surface area contributed by atoms with Crippen molar-refractivity contribution in [2.45, 2.75) is 65.2 Å². The summed E-state index contributed by atoms with van der Waals surface area (Å²) in [6.07, 6.45) is 1.19. The number of nitrogens with zero attached hydrogens (tertiary/aromatic N) is 6. The van der Waals surface area contributed by atoms with Crippen LogP contribution in [0.3, 0.4) is 0 Å². The van der Waals surface area contributed by atoms with Gasteiger partial charge in [-0.05, 0) is 39.5 Å². The maximum atomic E-state index is 13.6. The zero-order chi connectivity index (χ0) is 25.3. The fourth-order valence-electron chi connectivity index (χ4n) is 4.29. The number of alkyl halides is 3. The van der Waals surface area contributed by atoms with Crippen LogP contribution in [0.1, 0.15) is 59.3 Å². The summed E-state index contributed by atoms with van der Waals surface area (Å²) < 4.78 is 44.9. The summed E-state index contributed by atoms with van der Waals surface area (Å²) in [5, 5.41) is 17.4. The molecular formula is C22H27F3N8O2. The topological polar surface area (TPSA) is 112 Å². The summed E-state index contributed by atoms with van der Waals surface area (Å²) in [6.45, 7) is 3.55. The van der Waals surface area contributed by atoms with E-state index in [9.17, 15) is 22.8 Å². The second kappa shape index (κ2) is 9.55. The number of rotatable bonds is 6. The average molecular weight is 493 g/mol. The van der Waals surface area contributed by atoms with Crippen LogP contribution < -0.4 is 10.6 Å². The zero-order valence-electron chi connectivity index (χ0n) is 19.7. The van der Waals surface area contributed by atoms with Crippen LogP contribution in [0.15, 0.2) is 12.4 Å². The summed E-state index contributed by atoms with van der Waals surface area (Å²) in [6, 6.07) is 0. The maximum Gasteiger partial charge on any atom is 0.435 e. The van der Waals surface area contributed by atoms with E-state index in [0.717, 1.165) is 23.2 Å². The molecule has 0 saturated heterocycles. The molecule has 2 amide bonds. The lowest BCUT2D eigenvalue weighted by Gasteiger charge is -2.11. The standard InChI is InChI=1S/C22H27F3N8O2/c1-4-32-19(21(35)29-15-10-26-31(3)13(15)2)16(11-27-32)28-18(34)12-33-17-9-7-5-6-8-14(17)20(30-33)22(23,24)25/h10-11H,4-9,12H2,1-3H3,(H,28,34)(H,29,35). The molecule has 3 heterocycles. The Bertz CT molecular complexity index is 1250. The van der Waals surface area contributed by atoms with Gasteiger partial charge in [0.05, 0.1) is 29.5 Å². The molecule has 2 N–H and O–H groups in total. The van der Waals surface area contributed by atoms with Gasteiger partial charge in [-0.3, -0.25) is 23.6 Å². The first-order valence-electron chi connectivity index (χ1n) is 11.4. The Balaban J connectivity index is 1.57. The number of carbonyl (C=O) groups excluding carboxylic acids is 2. The molecule has 0 atom stereocenters. The first kappa shape index (κ1) is 24.5. The van der Waals surface area contributed by atoms with Crippen LogP contribution in [0.4, 0.5) is 24.5 Å². The fraction of sp³-hybridized carbons (Fsp3) is 0.500. The molecule has 0 aromatic carbocycles. The Kier molecular flexibility index (Phi) is 6.68. The first-order chi connectivity index (χ1) is 16.6. The van der Waals surface area contributed by atoms with Crippen LogP contribution in [0.2, 0.25) is 0 Å². The number of halogens is 3. The number of anilines is 2. The second-order valence-electron chi connectivity index (χ2n) is 8.48. The highest BCUT2D eigenvalue weighted by Crippen LogP contribution is 2.35. The van der Waals surface area contributed by atoms with Crippen molar-refractivity contribution in [3.8, 4) is 0 Å². The molecule has 0 radical (unpaired) electrons. The molecule has 0 bridgehead atoms. The number of amides is 2. The van der Waals surface area contributed by atoms with Crippen molar-refractivity contribution in [1.29, 1.82) is 0 Å². The Morgan fingerprint density at radius 3 is 2.40 bits per heavy atom. The van der Waals surface area contributed by atoms with Crippen LogP contribution in [0.5, 0.6) is 0 Å². The lowest BCUT2D eigenvalue weighted by molar-refractivity contribution is -0.142. The molecule has 0 saturated carbocycles. The number of hydrogen-bond acceptors (Lipinski definition) is 5. The fourth-order valence-corrected chi connectivity index (χ4v) is 4.29. The molecule has 0 spiro atoms. The molecule has 4 rings (SSSR count). The smallest absolute Gasteiger partial charge is 0.321 e.